The maximum Gasteiger partial charge on any atom is 0.127 e. The maximum atomic E-state index is 6.31. The molecule has 0 unspecified atom stereocenters. The molecule has 9 aromatic carbocycles. The number of fused-ring (bicyclic) bond motifs is 5. The van der Waals surface area contributed by atoms with E-state index in [0.717, 1.165) is 29.9 Å². The van der Waals surface area contributed by atoms with Crippen LogP contribution < -0.4 is 4.74 Å². The lowest BCUT2D eigenvalue weighted by Crippen LogP contribution is -1.99. The number of hydrogen-bond acceptors (Lipinski definition) is 1. The predicted octanol–water partition coefficient (Wildman–Crippen LogP) is 16.3. The number of para-hydroxylation sites is 2. The fraction of sp³-hybridized carbons (Fsp3) is 0.0847. The van der Waals surface area contributed by atoms with Gasteiger partial charge >= 0.3 is 0 Å². The molecule has 1 aliphatic rings. The van der Waals surface area contributed by atoms with Crippen LogP contribution in [0.25, 0.3) is 77.7 Å². The summed E-state index contributed by atoms with van der Waals surface area (Å²) in [6, 6.07) is 69.1. The van der Waals surface area contributed by atoms with E-state index in [-0.39, 0.29) is 0 Å². The van der Waals surface area contributed by atoms with Crippen LogP contribution in [0.3, 0.4) is 0 Å². The van der Waals surface area contributed by atoms with Crippen molar-refractivity contribution >= 4 is 38.7 Å². The first-order chi connectivity index (χ1) is 30.0. The highest BCUT2D eigenvalue weighted by molar-refractivity contribution is 6.11. The first kappa shape index (κ1) is 37.8. The molecule has 0 spiro atoms. The molecule has 0 radical (unpaired) electrons. The molecule has 0 saturated heterocycles. The number of aromatic nitrogens is 1. The topological polar surface area (TPSA) is 14.2 Å². The average molecular weight is 786 g/mol. The number of allylic oxidation sites excluding steroid dienone is 1. The third-order valence-corrected chi connectivity index (χ3v) is 12.3. The Bertz CT molecular complexity index is 3140. The summed E-state index contributed by atoms with van der Waals surface area (Å²) in [5, 5.41) is 4.99. The number of aryl methyl sites for hydroxylation is 3. The fourth-order valence-corrected chi connectivity index (χ4v) is 9.18. The molecule has 10 aromatic rings. The molecule has 0 N–H and O–H groups in total. The summed E-state index contributed by atoms with van der Waals surface area (Å²) in [6.45, 7) is 6.53. The monoisotopic (exact) mass is 785 g/mol. The second kappa shape index (κ2) is 16.3. The van der Waals surface area contributed by atoms with Crippen molar-refractivity contribution in [2.75, 3.05) is 0 Å². The van der Waals surface area contributed by atoms with Gasteiger partial charge in [0.1, 0.15) is 11.5 Å². The summed E-state index contributed by atoms with van der Waals surface area (Å²) in [6.07, 6.45) is 6.81. The van der Waals surface area contributed by atoms with Gasteiger partial charge in [-0.1, -0.05) is 164 Å². The van der Waals surface area contributed by atoms with Gasteiger partial charge in [0.2, 0.25) is 0 Å². The molecule has 0 bridgehead atoms. The third-order valence-electron chi connectivity index (χ3n) is 12.3. The van der Waals surface area contributed by atoms with Crippen LogP contribution in [0.5, 0.6) is 11.5 Å². The van der Waals surface area contributed by atoms with Crippen LogP contribution in [-0.2, 0) is 6.42 Å². The summed E-state index contributed by atoms with van der Waals surface area (Å²) in [5.74, 6) is 1.65. The van der Waals surface area contributed by atoms with Crippen molar-refractivity contribution in [2.24, 2.45) is 0 Å². The normalized spacial score (nSPS) is 12.0. The zero-order valence-corrected chi connectivity index (χ0v) is 34.9. The van der Waals surface area contributed by atoms with Crippen LogP contribution in [0.4, 0.5) is 0 Å². The number of benzene rings is 9. The van der Waals surface area contributed by atoms with Crippen molar-refractivity contribution in [2.45, 2.75) is 33.6 Å². The van der Waals surface area contributed by atoms with Crippen LogP contribution in [0.1, 0.15) is 34.2 Å². The van der Waals surface area contributed by atoms with E-state index in [2.05, 4.69) is 232 Å². The number of nitrogens with zero attached hydrogens (tertiary/aromatic N) is 1. The molecule has 0 aliphatic heterocycles. The lowest BCUT2D eigenvalue weighted by atomic mass is 9.87. The number of rotatable bonds is 6. The third kappa shape index (κ3) is 7.21. The second-order valence-electron chi connectivity index (χ2n) is 16.1. The Morgan fingerprint density at radius 1 is 0.393 bits per heavy atom. The van der Waals surface area contributed by atoms with E-state index in [1.165, 1.54) is 93.9 Å². The molecular weight excluding hydrogens is 739 g/mol. The molecule has 2 nitrogen and oxygen atoms in total. The summed E-state index contributed by atoms with van der Waals surface area (Å²) in [4.78, 5) is 0. The molecule has 294 valence electrons. The molecule has 61 heavy (non-hydrogen) atoms. The van der Waals surface area contributed by atoms with E-state index in [4.69, 9.17) is 4.74 Å². The van der Waals surface area contributed by atoms with Gasteiger partial charge in [-0.25, -0.2) is 0 Å². The molecule has 0 fully saturated rings. The minimum Gasteiger partial charge on any atom is -0.457 e. The quantitative estimate of drug-likeness (QED) is 0.164. The number of hydrogen-bond donors (Lipinski definition) is 0. The lowest BCUT2D eigenvalue weighted by molar-refractivity contribution is 0.483. The highest BCUT2D eigenvalue weighted by Gasteiger charge is 2.16. The van der Waals surface area contributed by atoms with Crippen LogP contribution in [0, 0.1) is 20.8 Å². The van der Waals surface area contributed by atoms with E-state index >= 15 is 0 Å². The highest BCUT2D eigenvalue weighted by Crippen LogP contribution is 2.39. The Hall–Kier alpha value is -7.42. The SMILES string of the molecule is Cc1ccc(-c2ccc(Oc3ccc(-c4ccc(-n5c6ccccc6c6ccccc65)c5ccccc45)cc3)cc2)c2c1CCC=C2.Cc1ccccc1-c1ccccc1C. The molecule has 2 heteroatoms. The number of ether oxygens (including phenoxy) is 1. The Balaban J connectivity index is 0.000000270. The zero-order valence-electron chi connectivity index (χ0n) is 34.9. The van der Waals surface area contributed by atoms with Gasteiger partial charge in [0.15, 0.2) is 0 Å². The fourth-order valence-electron chi connectivity index (χ4n) is 9.18. The Kier molecular flexibility index (Phi) is 10.1. The summed E-state index contributed by atoms with van der Waals surface area (Å²) < 4.78 is 8.72. The van der Waals surface area contributed by atoms with Crippen LogP contribution in [0.15, 0.2) is 200 Å². The Labute approximate surface area is 358 Å². The predicted molar refractivity (Wildman–Crippen MR) is 259 cm³/mol. The summed E-state index contributed by atoms with van der Waals surface area (Å²) in [5.41, 5.74) is 18.0. The smallest absolute Gasteiger partial charge is 0.127 e. The van der Waals surface area contributed by atoms with Gasteiger partial charge < -0.3 is 9.30 Å². The summed E-state index contributed by atoms with van der Waals surface area (Å²) >= 11 is 0. The standard InChI is InChI=1S/C45H33NO.C14H14/c1-30-18-27-36(38-11-3-2-10-35(30)38)31-19-23-33(24-20-31)47-34-25-21-32(22-26-34)37-28-29-45(40-13-5-4-12-39(37)40)46-43-16-8-6-14-41(43)42-15-7-9-17-44(42)46;1-11-7-3-5-9-13(11)14-10-6-4-8-12(14)2/h3-9,11-29H,2,10H2,1H3;3-10H,1-2H3. The second-order valence-corrected chi connectivity index (χ2v) is 16.1. The van der Waals surface area contributed by atoms with Crippen molar-refractivity contribution in [1.82, 2.24) is 4.57 Å². The lowest BCUT2D eigenvalue weighted by Gasteiger charge is -2.18. The van der Waals surface area contributed by atoms with E-state index in [1.54, 1.807) is 0 Å². The average Bonchev–Trinajstić information content (AvgIpc) is 3.64. The van der Waals surface area contributed by atoms with Crippen LogP contribution >= 0.6 is 0 Å². The van der Waals surface area contributed by atoms with E-state index in [0.29, 0.717) is 0 Å². The van der Waals surface area contributed by atoms with Gasteiger partial charge in [-0.2, -0.15) is 0 Å². The zero-order chi connectivity index (χ0) is 41.3. The van der Waals surface area contributed by atoms with E-state index in [9.17, 15) is 0 Å². The van der Waals surface area contributed by atoms with Gasteiger partial charge in [-0.15, -0.1) is 0 Å². The first-order valence-electron chi connectivity index (χ1n) is 21.3. The van der Waals surface area contributed by atoms with Crippen molar-refractivity contribution < 1.29 is 4.74 Å². The van der Waals surface area contributed by atoms with Crippen LogP contribution in [0.2, 0.25) is 0 Å². The van der Waals surface area contributed by atoms with Gasteiger partial charge in [-0.05, 0) is 143 Å². The van der Waals surface area contributed by atoms with Crippen molar-refractivity contribution in [3.05, 3.63) is 228 Å². The molecule has 0 saturated carbocycles. The van der Waals surface area contributed by atoms with Gasteiger partial charge in [0.05, 0.1) is 16.7 Å². The minimum atomic E-state index is 0.823. The molecule has 1 heterocycles. The highest BCUT2D eigenvalue weighted by atomic mass is 16.5. The van der Waals surface area contributed by atoms with Crippen molar-refractivity contribution in [3.8, 4) is 50.6 Å². The minimum absolute atomic E-state index is 0.823. The molecule has 1 aliphatic carbocycles. The van der Waals surface area contributed by atoms with Gasteiger partial charge in [0.25, 0.3) is 0 Å². The van der Waals surface area contributed by atoms with Crippen LogP contribution in [-0.4, -0.2) is 4.57 Å². The van der Waals surface area contributed by atoms with Gasteiger partial charge in [0, 0.05) is 16.2 Å². The largest absolute Gasteiger partial charge is 0.457 e. The van der Waals surface area contributed by atoms with Gasteiger partial charge in [-0.3, -0.25) is 0 Å². The molecule has 0 amide bonds. The molecule has 0 atom stereocenters. The molecular formula is C59H47NO. The maximum absolute atomic E-state index is 6.31. The van der Waals surface area contributed by atoms with E-state index in [1.807, 2.05) is 0 Å². The molecule has 11 rings (SSSR count). The molecule has 1 aromatic heterocycles. The van der Waals surface area contributed by atoms with Crippen molar-refractivity contribution in [3.63, 3.8) is 0 Å². The van der Waals surface area contributed by atoms with E-state index < -0.39 is 0 Å². The Morgan fingerprint density at radius 3 is 1.48 bits per heavy atom. The van der Waals surface area contributed by atoms with Crippen molar-refractivity contribution in [1.29, 1.82) is 0 Å². The first-order valence-corrected chi connectivity index (χ1v) is 21.3. The Morgan fingerprint density at radius 2 is 0.885 bits per heavy atom. The summed E-state index contributed by atoms with van der Waals surface area (Å²) in [7, 11) is 0.